The van der Waals surface area contributed by atoms with Gasteiger partial charge in [0.25, 0.3) is 0 Å². The van der Waals surface area contributed by atoms with Crippen LogP contribution in [-0.4, -0.2) is 9.97 Å². The van der Waals surface area contributed by atoms with Crippen LogP contribution in [0.5, 0.6) is 0 Å². The lowest BCUT2D eigenvalue weighted by Crippen LogP contribution is -2.08. The molecule has 1 aromatic heterocycles. The molecule has 0 aliphatic heterocycles. The number of hydrogen-bond acceptors (Lipinski definition) is 4. The van der Waals surface area contributed by atoms with E-state index in [4.69, 9.17) is 16.9 Å². The minimum absolute atomic E-state index is 0.0729. The van der Waals surface area contributed by atoms with Crippen LogP contribution in [0.25, 0.3) is 0 Å². The van der Waals surface area contributed by atoms with Crippen molar-refractivity contribution in [3.8, 4) is 6.07 Å². The maximum Gasteiger partial charge on any atom is 0.224 e. The Morgan fingerprint density at radius 2 is 2.00 bits per heavy atom. The van der Waals surface area contributed by atoms with Gasteiger partial charge in [-0.3, -0.25) is 0 Å². The number of anilines is 1. The molecule has 90 valence electrons. The highest BCUT2D eigenvalue weighted by atomic mass is 35.5. The van der Waals surface area contributed by atoms with Gasteiger partial charge in [-0.15, -0.1) is 0 Å². The second kappa shape index (κ2) is 5.48. The summed E-state index contributed by atoms with van der Waals surface area (Å²) in [5.74, 6) is 0.673. The summed E-state index contributed by atoms with van der Waals surface area (Å²) in [4.78, 5) is 7.88. The van der Waals surface area contributed by atoms with Gasteiger partial charge in [0.05, 0.1) is 11.6 Å². The maximum atomic E-state index is 8.74. The zero-order chi connectivity index (χ0) is 13.0. The Bertz CT molecular complexity index is 574. The first-order chi connectivity index (χ1) is 8.69. The van der Waals surface area contributed by atoms with Crippen molar-refractivity contribution in [1.29, 1.82) is 5.26 Å². The monoisotopic (exact) mass is 258 g/mol. The van der Waals surface area contributed by atoms with Crippen molar-refractivity contribution in [2.45, 2.75) is 13.0 Å². The molecule has 18 heavy (non-hydrogen) atoms. The molecule has 2 rings (SSSR count). The van der Waals surface area contributed by atoms with Crippen LogP contribution in [0.4, 0.5) is 5.82 Å². The lowest BCUT2D eigenvalue weighted by atomic mass is 10.1. The molecule has 0 saturated carbocycles. The Morgan fingerprint density at radius 3 is 2.61 bits per heavy atom. The van der Waals surface area contributed by atoms with E-state index in [-0.39, 0.29) is 11.3 Å². The first-order valence-corrected chi connectivity index (χ1v) is 5.82. The largest absolute Gasteiger partial charge is 0.363 e. The predicted molar refractivity (Wildman–Crippen MR) is 70.2 cm³/mol. The number of nitrogens with one attached hydrogen (secondary N) is 1. The zero-order valence-corrected chi connectivity index (χ0v) is 10.5. The van der Waals surface area contributed by atoms with Crippen LogP contribution in [0.15, 0.2) is 36.5 Å². The molecular formula is C13H11ClN4. The van der Waals surface area contributed by atoms with Crippen molar-refractivity contribution in [1.82, 2.24) is 9.97 Å². The van der Waals surface area contributed by atoms with Crippen molar-refractivity contribution in [3.05, 3.63) is 52.9 Å². The van der Waals surface area contributed by atoms with Crippen molar-refractivity contribution in [2.24, 2.45) is 0 Å². The summed E-state index contributed by atoms with van der Waals surface area (Å²) < 4.78 is 0. The number of hydrogen-bond donors (Lipinski definition) is 1. The summed E-state index contributed by atoms with van der Waals surface area (Å²) in [6.07, 6.45) is 1.60. The number of rotatable bonds is 3. The third-order valence-corrected chi connectivity index (χ3v) is 2.71. The lowest BCUT2D eigenvalue weighted by Gasteiger charge is -2.14. The molecule has 1 unspecified atom stereocenters. The number of nitriles is 1. The molecule has 0 radical (unpaired) electrons. The van der Waals surface area contributed by atoms with Crippen LogP contribution in [0.1, 0.15) is 24.1 Å². The van der Waals surface area contributed by atoms with Crippen LogP contribution in [0.2, 0.25) is 5.28 Å². The Hall–Kier alpha value is -2.12. The third-order valence-electron chi connectivity index (χ3n) is 2.53. The van der Waals surface area contributed by atoms with Gasteiger partial charge in [0, 0.05) is 12.2 Å². The quantitative estimate of drug-likeness (QED) is 0.859. The minimum Gasteiger partial charge on any atom is -0.363 e. The van der Waals surface area contributed by atoms with E-state index in [1.54, 1.807) is 24.4 Å². The standard InChI is InChI=1S/C13H11ClN4/c1-9(11-4-2-10(8-15)3-5-11)17-12-6-7-16-13(14)18-12/h2-7,9H,1H3,(H,16,17,18). The predicted octanol–water partition coefficient (Wildman–Crippen LogP) is 3.17. The molecule has 0 aliphatic rings. The van der Waals surface area contributed by atoms with Crippen LogP contribution in [0, 0.1) is 11.3 Å². The van der Waals surface area contributed by atoms with Gasteiger partial charge in [-0.05, 0) is 42.3 Å². The van der Waals surface area contributed by atoms with E-state index in [1.807, 2.05) is 19.1 Å². The smallest absolute Gasteiger partial charge is 0.224 e. The maximum absolute atomic E-state index is 8.74. The highest BCUT2D eigenvalue weighted by Gasteiger charge is 2.06. The van der Waals surface area contributed by atoms with Gasteiger partial charge in [-0.2, -0.15) is 5.26 Å². The molecule has 1 atom stereocenters. The number of benzene rings is 1. The fraction of sp³-hybridized carbons (Fsp3) is 0.154. The highest BCUT2D eigenvalue weighted by Crippen LogP contribution is 2.18. The molecule has 0 bridgehead atoms. The fourth-order valence-corrected chi connectivity index (χ4v) is 1.71. The van der Waals surface area contributed by atoms with Crippen LogP contribution in [-0.2, 0) is 0 Å². The van der Waals surface area contributed by atoms with Gasteiger partial charge in [0.2, 0.25) is 5.28 Å². The minimum atomic E-state index is 0.0729. The molecule has 1 N–H and O–H groups in total. The van der Waals surface area contributed by atoms with Crippen molar-refractivity contribution in [3.63, 3.8) is 0 Å². The first-order valence-electron chi connectivity index (χ1n) is 5.44. The fourth-order valence-electron chi connectivity index (χ4n) is 1.57. The molecule has 2 aromatic rings. The van der Waals surface area contributed by atoms with E-state index in [9.17, 15) is 0 Å². The first kappa shape index (κ1) is 12.3. The van der Waals surface area contributed by atoms with E-state index in [0.717, 1.165) is 5.56 Å². The normalized spacial score (nSPS) is 11.6. The summed E-state index contributed by atoms with van der Waals surface area (Å²) in [7, 11) is 0. The average molecular weight is 259 g/mol. The molecule has 0 saturated heterocycles. The number of nitrogens with zero attached hydrogens (tertiary/aromatic N) is 3. The zero-order valence-electron chi connectivity index (χ0n) is 9.76. The van der Waals surface area contributed by atoms with Gasteiger partial charge in [-0.1, -0.05) is 12.1 Å². The van der Waals surface area contributed by atoms with E-state index >= 15 is 0 Å². The van der Waals surface area contributed by atoms with Crippen molar-refractivity contribution >= 4 is 17.4 Å². The van der Waals surface area contributed by atoms with E-state index in [1.165, 1.54) is 0 Å². The Labute approximate surface area is 110 Å². The van der Waals surface area contributed by atoms with Crippen molar-refractivity contribution < 1.29 is 0 Å². The summed E-state index contributed by atoms with van der Waals surface area (Å²) in [5, 5.41) is 12.2. The van der Waals surface area contributed by atoms with Gasteiger partial charge in [0.15, 0.2) is 0 Å². The molecule has 0 amide bonds. The van der Waals surface area contributed by atoms with E-state index in [2.05, 4.69) is 21.4 Å². The van der Waals surface area contributed by atoms with Gasteiger partial charge in [0.1, 0.15) is 5.82 Å². The lowest BCUT2D eigenvalue weighted by molar-refractivity contribution is 0.872. The topological polar surface area (TPSA) is 61.6 Å². The van der Waals surface area contributed by atoms with Crippen molar-refractivity contribution in [2.75, 3.05) is 5.32 Å². The number of aromatic nitrogens is 2. The Balaban J connectivity index is 2.12. The van der Waals surface area contributed by atoms with Gasteiger partial charge < -0.3 is 5.32 Å². The molecule has 0 fully saturated rings. The molecule has 0 spiro atoms. The van der Waals surface area contributed by atoms with Gasteiger partial charge in [-0.25, -0.2) is 9.97 Å². The SMILES string of the molecule is CC(Nc1ccnc(Cl)n1)c1ccc(C#N)cc1. The summed E-state index contributed by atoms with van der Waals surface area (Å²) in [6, 6.07) is 11.3. The van der Waals surface area contributed by atoms with Crippen LogP contribution < -0.4 is 5.32 Å². The molecule has 1 aromatic carbocycles. The van der Waals surface area contributed by atoms with E-state index in [0.29, 0.717) is 11.4 Å². The summed E-state index contributed by atoms with van der Waals surface area (Å²) >= 11 is 5.72. The van der Waals surface area contributed by atoms with Crippen LogP contribution in [0.3, 0.4) is 0 Å². The number of halogens is 1. The highest BCUT2D eigenvalue weighted by molar-refractivity contribution is 6.28. The van der Waals surface area contributed by atoms with E-state index < -0.39 is 0 Å². The molecule has 5 heteroatoms. The molecular weight excluding hydrogens is 248 g/mol. The van der Waals surface area contributed by atoms with Gasteiger partial charge >= 0.3 is 0 Å². The molecule has 4 nitrogen and oxygen atoms in total. The average Bonchev–Trinajstić information content (AvgIpc) is 2.39. The molecule has 0 aliphatic carbocycles. The Kier molecular flexibility index (Phi) is 3.75. The summed E-state index contributed by atoms with van der Waals surface area (Å²) in [6.45, 7) is 2.01. The van der Waals surface area contributed by atoms with Crippen LogP contribution >= 0.6 is 11.6 Å². The second-order valence-electron chi connectivity index (χ2n) is 3.81. The molecule has 1 heterocycles. The third kappa shape index (κ3) is 2.96. The second-order valence-corrected chi connectivity index (χ2v) is 4.15. The summed E-state index contributed by atoms with van der Waals surface area (Å²) in [5.41, 5.74) is 1.72. The Morgan fingerprint density at radius 1 is 1.28 bits per heavy atom.